The normalized spacial score (nSPS) is 16.4. The first-order valence-electron chi connectivity index (χ1n) is 9.53. The molecular weight excluding hydrogens is 418 g/mol. The Morgan fingerprint density at radius 3 is 2.58 bits per heavy atom. The molecule has 1 atom stereocenters. The lowest BCUT2D eigenvalue weighted by atomic mass is 9.88. The molecule has 0 fully saturated rings. The minimum atomic E-state index is -0.880. The van der Waals surface area contributed by atoms with Crippen LogP contribution in [0.5, 0.6) is 0 Å². The smallest absolute Gasteiger partial charge is 0.338 e. The van der Waals surface area contributed by atoms with Gasteiger partial charge < -0.3 is 19.3 Å². The molecule has 9 heteroatoms. The van der Waals surface area contributed by atoms with Gasteiger partial charge in [0.2, 0.25) is 0 Å². The van der Waals surface area contributed by atoms with Crippen molar-refractivity contribution in [2.24, 2.45) is 5.73 Å². The third kappa shape index (κ3) is 3.41. The van der Waals surface area contributed by atoms with Crippen LogP contribution in [0.2, 0.25) is 0 Å². The number of aromatic nitrogens is 1. The van der Waals surface area contributed by atoms with Crippen LogP contribution in [0.4, 0.5) is 0 Å². The quantitative estimate of drug-likeness (QED) is 0.616. The molecule has 0 aliphatic carbocycles. The molecule has 0 bridgehead atoms. The highest BCUT2D eigenvalue weighted by atomic mass is 32.1. The summed E-state index contributed by atoms with van der Waals surface area (Å²) in [6.07, 6.45) is 1.58. The standard InChI is InChI=1S/C22H19N3O5S/c1-4-28-22(27)18-17(15-8-6-12(3)30-15)14(10-23)19(24)25-20(26)16(31-21(18)25)9-13-7-5-11(2)29-13/h5-9,17H,4,24H2,1-3H3. The van der Waals surface area contributed by atoms with Gasteiger partial charge in [0.25, 0.3) is 5.56 Å². The molecule has 4 rings (SSSR count). The van der Waals surface area contributed by atoms with Crippen molar-refractivity contribution >= 4 is 34.8 Å². The number of nitrogens with two attached hydrogens (primary N) is 1. The molecule has 0 radical (unpaired) electrons. The van der Waals surface area contributed by atoms with E-state index in [1.165, 1.54) is 4.57 Å². The number of furan rings is 2. The van der Waals surface area contributed by atoms with Crippen molar-refractivity contribution < 1.29 is 18.4 Å². The molecule has 0 saturated heterocycles. The Hall–Kier alpha value is -3.77. The van der Waals surface area contributed by atoms with Crippen molar-refractivity contribution in [3.05, 3.63) is 72.4 Å². The van der Waals surface area contributed by atoms with Gasteiger partial charge in [-0.1, -0.05) is 0 Å². The maximum Gasteiger partial charge on any atom is 0.338 e. The number of nitrogens with zero attached hydrogens (tertiary/aromatic N) is 2. The molecule has 1 aliphatic heterocycles. The van der Waals surface area contributed by atoms with E-state index in [1.54, 1.807) is 51.1 Å². The van der Waals surface area contributed by atoms with Gasteiger partial charge in [0, 0.05) is 6.08 Å². The third-order valence-corrected chi connectivity index (χ3v) is 5.95. The summed E-state index contributed by atoms with van der Waals surface area (Å²) in [6, 6.07) is 8.99. The van der Waals surface area contributed by atoms with E-state index in [1.807, 2.05) is 0 Å². The Labute approximate surface area is 180 Å². The molecule has 1 aliphatic rings. The van der Waals surface area contributed by atoms with Crippen molar-refractivity contribution in [2.75, 3.05) is 6.61 Å². The fraction of sp³-hybridized carbons (Fsp3) is 0.227. The summed E-state index contributed by atoms with van der Waals surface area (Å²) in [4.78, 5) is 26.1. The topological polar surface area (TPSA) is 124 Å². The SMILES string of the molecule is CCOC(=O)C1=c2sc(=Cc3ccc(C)o3)c(=O)n2C(N)=C(C#N)C1c1ccc(C)o1. The van der Waals surface area contributed by atoms with E-state index >= 15 is 0 Å². The van der Waals surface area contributed by atoms with Crippen LogP contribution in [-0.4, -0.2) is 17.1 Å². The van der Waals surface area contributed by atoms with Gasteiger partial charge in [-0.15, -0.1) is 11.3 Å². The zero-order valence-electron chi connectivity index (χ0n) is 17.1. The summed E-state index contributed by atoms with van der Waals surface area (Å²) in [6.45, 7) is 5.37. The number of carbonyl (C=O) groups excluding carboxylic acids is 1. The zero-order valence-corrected chi connectivity index (χ0v) is 17.9. The Bertz CT molecular complexity index is 1440. The molecule has 158 valence electrons. The monoisotopic (exact) mass is 437 g/mol. The van der Waals surface area contributed by atoms with Crippen molar-refractivity contribution in [2.45, 2.75) is 26.7 Å². The molecule has 4 heterocycles. The lowest BCUT2D eigenvalue weighted by molar-refractivity contribution is -0.136. The average molecular weight is 437 g/mol. The second kappa shape index (κ2) is 7.81. The van der Waals surface area contributed by atoms with Crippen LogP contribution in [0.15, 0.2) is 43.5 Å². The summed E-state index contributed by atoms with van der Waals surface area (Å²) in [5.41, 5.74) is 6.00. The minimum Gasteiger partial charge on any atom is -0.465 e. The number of carbonyl (C=O) groups is 1. The number of nitriles is 1. The largest absolute Gasteiger partial charge is 0.465 e. The third-order valence-electron chi connectivity index (χ3n) is 4.84. The van der Waals surface area contributed by atoms with Gasteiger partial charge in [0.1, 0.15) is 33.5 Å². The van der Waals surface area contributed by atoms with Crippen molar-refractivity contribution in [3.63, 3.8) is 0 Å². The van der Waals surface area contributed by atoms with Gasteiger partial charge >= 0.3 is 5.97 Å². The number of allylic oxidation sites excluding steroid dienone is 1. The molecule has 0 aromatic carbocycles. The number of ether oxygens (including phenoxy) is 1. The highest BCUT2D eigenvalue weighted by Gasteiger charge is 2.38. The highest BCUT2D eigenvalue weighted by Crippen LogP contribution is 2.37. The van der Waals surface area contributed by atoms with Gasteiger partial charge in [-0.2, -0.15) is 5.26 Å². The number of aryl methyl sites for hydroxylation is 2. The van der Waals surface area contributed by atoms with Crippen LogP contribution >= 0.6 is 11.3 Å². The van der Waals surface area contributed by atoms with Gasteiger partial charge in [-0.25, -0.2) is 4.79 Å². The number of hydrogen-bond acceptors (Lipinski definition) is 8. The molecule has 8 nitrogen and oxygen atoms in total. The molecule has 2 N–H and O–H groups in total. The molecular formula is C22H19N3O5S. The predicted molar refractivity (Wildman–Crippen MR) is 114 cm³/mol. The van der Waals surface area contributed by atoms with E-state index in [9.17, 15) is 14.9 Å². The van der Waals surface area contributed by atoms with Crippen molar-refractivity contribution in [3.8, 4) is 6.07 Å². The number of fused-ring (bicyclic) bond motifs is 1. The van der Waals surface area contributed by atoms with Gasteiger partial charge in [0.05, 0.1) is 34.3 Å². The maximum absolute atomic E-state index is 13.2. The maximum atomic E-state index is 13.2. The first-order valence-corrected chi connectivity index (χ1v) is 10.3. The van der Waals surface area contributed by atoms with Crippen molar-refractivity contribution in [1.82, 2.24) is 4.57 Å². The zero-order chi connectivity index (χ0) is 22.3. The number of hydrogen-bond donors (Lipinski definition) is 1. The summed E-state index contributed by atoms with van der Waals surface area (Å²) in [7, 11) is 0. The summed E-state index contributed by atoms with van der Waals surface area (Å²) >= 11 is 1.08. The average Bonchev–Trinajstić information content (AvgIpc) is 3.42. The number of thiazole rings is 1. The van der Waals surface area contributed by atoms with Crippen LogP contribution in [0, 0.1) is 25.2 Å². The van der Waals surface area contributed by atoms with E-state index in [4.69, 9.17) is 19.3 Å². The Kier molecular flexibility index (Phi) is 5.17. The summed E-state index contributed by atoms with van der Waals surface area (Å²) < 4.78 is 18.3. The van der Waals surface area contributed by atoms with E-state index in [2.05, 4.69) is 6.07 Å². The second-order valence-corrected chi connectivity index (χ2v) is 7.96. The number of rotatable bonds is 4. The second-order valence-electron chi connectivity index (χ2n) is 6.93. The van der Waals surface area contributed by atoms with Gasteiger partial charge in [-0.3, -0.25) is 9.36 Å². The van der Waals surface area contributed by atoms with E-state index in [0.717, 1.165) is 11.3 Å². The highest BCUT2D eigenvalue weighted by molar-refractivity contribution is 7.07. The van der Waals surface area contributed by atoms with Crippen LogP contribution in [0.3, 0.4) is 0 Å². The Balaban J connectivity index is 2.10. The summed E-state index contributed by atoms with van der Waals surface area (Å²) in [5, 5.41) is 9.86. The fourth-order valence-electron chi connectivity index (χ4n) is 3.51. The van der Waals surface area contributed by atoms with Crippen LogP contribution < -0.4 is 20.5 Å². The molecule has 31 heavy (non-hydrogen) atoms. The fourth-order valence-corrected chi connectivity index (χ4v) is 4.65. The first-order chi connectivity index (χ1) is 14.8. The van der Waals surface area contributed by atoms with Crippen LogP contribution in [-0.2, 0) is 9.53 Å². The minimum absolute atomic E-state index is 0.0406. The first kappa shape index (κ1) is 20.5. The van der Waals surface area contributed by atoms with E-state index in [-0.39, 0.29) is 23.6 Å². The molecule has 3 aromatic rings. The summed E-state index contributed by atoms with van der Waals surface area (Å²) in [5.74, 6) is 0.622. The van der Waals surface area contributed by atoms with Crippen LogP contribution in [0.1, 0.15) is 35.9 Å². The molecule has 0 saturated carbocycles. The molecule has 0 amide bonds. The lowest BCUT2D eigenvalue weighted by Crippen LogP contribution is -2.40. The molecule has 3 aromatic heterocycles. The lowest BCUT2D eigenvalue weighted by Gasteiger charge is -2.22. The predicted octanol–water partition coefficient (Wildman–Crippen LogP) is 1.70. The number of esters is 1. The Morgan fingerprint density at radius 2 is 2.00 bits per heavy atom. The van der Waals surface area contributed by atoms with Gasteiger partial charge in [-0.05, 0) is 45.0 Å². The van der Waals surface area contributed by atoms with E-state index < -0.39 is 17.4 Å². The molecule has 0 spiro atoms. The van der Waals surface area contributed by atoms with E-state index in [0.29, 0.717) is 32.2 Å². The van der Waals surface area contributed by atoms with Crippen LogP contribution in [0.25, 0.3) is 17.5 Å². The molecule has 1 unspecified atom stereocenters. The Morgan fingerprint density at radius 1 is 1.29 bits per heavy atom. The van der Waals surface area contributed by atoms with Gasteiger partial charge in [0.15, 0.2) is 0 Å². The van der Waals surface area contributed by atoms with Crippen molar-refractivity contribution in [1.29, 1.82) is 5.26 Å².